The number of aromatic nitrogens is 1. The van der Waals surface area contributed by atoms with Gasteiger partial charge in [-0.3, -0.25) is 4.79 Å². The van der Waals surface area contributed by atoms with E-state index in [9.17, 15) is 4.79 Å². The summed E-state index contributed by atoms with van der Waals surface area (Å²) in [6.45, 7) is 3.70. The van der Waals surface area contributed by atoms with E-state index in [1.165, 1.54) is 0 Å². The van der Waals surface area contributed by atoms with Gasteiger partial charge in [-0.2, -0.15) is 0 Å². The first-order chi connectivity index (χ1) is 9.45. The smallest absolute Gasteiger partial charge is 0.224 e. The summed E-state index contributed by atoms with van der Waals surface area (Å²) >= 11 is 11.8. The lowest BCUT2D eigenvalue weighted by molar-refractivity contribution is -0.116. The molecular formula is C14H14Cl2N2O2. The molecule has 2 aromatic rings. The summed E-state index contributed by atoms with van der Waals surface area (Å²) in [4.78, 5) is 11.9. The molecule has 0 saturated carbocycles. The topological polar surface area (TPSA) is 55.1 Å². The molecule has 6 heteroatoms. The molecule has 0 atom stereocenters. The second-order valence-electron chi connectivity index (χ2n) is 4.51. The lowest BCUT2D eigenvalue weighted by Crippen LogP contribution is -2.12. The zero-order valence-electron chi connectivity index (χ0n) is 11.2. The fourth-order valence-corrected chi connectivity index (χ4v) is 2.47. The minimum Gasteiger partial charge on any atom is -0.361 e. The van der Waals surface area contributed by atoms with Gasteiger partial charge in [-0.1, -0.05) is 28.4 Å². The lowest BCUT2D eigenvalue weighted by Gasteiger charge is -2.06. The van der Waals surface area contributed by atoms with Gasteiger partial charge in [0.05, 0.1) is 5.69 Å². The number of carbonyl (C=O) groups is 1. The maximum absolute atomic E-state index is 11.9. The number of amides is 1. The Morgan fingerprint density at radius 1 is 1.25 bits per heavy atom. The maximum Gasteiger partial charge on any atom is 0.224 e. The van der Waals surface area contributed by atoms with Crippen molar-refractivity contribution in [1.82, 2.24) is 5.16 Å². The standard InChI is InChI=1S/C14H14Cl2N2O2/c1-8-13(9(2)20-18-8)3-4-14(19)17-12-6-10(15)5-11(16)7-12/h5-7H,3-4H2,1-2H3,(H,17,19). The molecule has 1 heterocycles. The monoisotopic (exact) mass is 312 g/mol. The van der Waals surface area contributed by atoms with Crippen LogP contribution in [-0.2, 0) is 11.2 Å². The van der Waals surface area contributed by atoms with Gasteiger partial charge in [0.25, 0.3) is 0 Å². The Hall–Kier alpha value is -1.52. The fourth-order valence-electron chi connectivity index (χ4n) is 1.95. The van der Waals surface area contributed by atoms with Crippen LogP contribution in [0.1, 0.15) is 23.4 Å². The van der Waals surface area contributed by atoms with Gasteiger partial charge >= 0.3 is 0 Å². The van der Waals surface area contributed by atoms with Gasteiger partial charge in [0.15, 0.2) is 0 Å². The molecule has 0 spiro atoms. The van der Waals surface area contributed by atoms with E-state index in [1.54, 1.807) is 18.2 Å². The van der Waals surface area contributed by atoms with Crippen LogP contribution in [0.4, 0.5) is 5.69 Å². The van der Waals surface area contributed by atoms with E-state index in [-0.39, 0.29) is 5.91 Å². The number of nitrogens with one attached hydrogen (secondary N) is 1. The van der Waals surface area contributed by atoms with Crippen LogP contribution in [0.2, 0.25) is 10.0 Å². The van der Waals surface area contributed by atoms with Gasteiger partial charge in [-0.25, -0.2) is 0 Å². The Balaban J connectivity index is 1.96. The molecule has 0 aliphatic rings. The van der Waals surface area contributed by atoms with Crippen LogP contribution in [0.25, 0.3) is 0 Å². The van der Waals surface area contributed by atoms with Gasteiger partial charge in [0, 0.05) is 27.7 Å². The maximum atomic E-state index is 11.9. The van der Waals surface area contributed by atoms with E-state index >= 15 is 0 Å². The van der Waals surface area contributed by atoms with Crippen molar-refractivity contribution in [2.24, 2.45) is 0 Å². The summed E-state index contributed by atoms with van der Waals surface area (Å²) in [5.74, 6) is 0.643. The van der Waals surface area contributed by atoms with Crippen molar-refractivity contribution in [3.8, 4) is 0 Å². The largest absolute Gasteiger partial charge is 0.361 e. The van der Waals surface area contributed by atoms with Crippen LogP contribution in [0.5, 0.6) is 0 Å². The van der Waals surface area contributed by atoms with E-state index in [4.69, 9.17) is 27.7 Å². The number of rotatable bonds is 4. The van der Waals surface area contributed by atoms with Gasteiger partial charge in [0.1, 0.15) is 5.76 Å². The summed E-state index contributed by atoms with van der Waals surface area (Å²) in [5.41, 5.74) is 2.39. The molecule has 0 aliphatic heterocycles. The second kappa shape index (κ2) is 6.29. The number of carbonyl (C=O) groups excluding carboxylic acids is 1. The minimum atomic E-state index is -0.108. The Bertz CT molecular complexity index is 598. The molecule has 4 nitrogen and oxygen atoms in total. The summed E-state index contributed by atoms with van der Waals surface area (Å²) in [5, 5.41) is 7.60. The zero-order chi connectivity index (χ0) is 14.7. The Kier molecular flexibility index (Phi) is 4.68. The van der Waals surface area contributed by atoms with Crippen LogP contribution in [0.3, 0.4) is 0 Å². The SMILES string of the molecule is Cc1noc(C)c1CCC(=O)Nc1cc(Cl)cc(Cl)c1. The molecule has 1 N–H and O–H groups in total. The number of anilines is 1. The summed E-state index contributed by atoms with van der Waals surface area (Å²) in [6, 6.07) is 4.92. The number of halogens is 2. The van der Waals surface area contributed by atoms with Crippen LogP contribution in [-0.4, -0.2) is 11.1 Å². The molecule has 1 aromatic carbocycles. The average Bonchev–Trinajstić information content (AvgIpc) is 2.65. The van der Waals surface area contributed by atoms with Crippen LogP contribution in [0, 0.1) is 13.8 Å². The number of hydrogen-bond donors (Lipinski definition) is 1. The van der Waals surface area contributed by atoms with Crippen molar-refractivity contribution in [3.63, 3.8) is 0 Å². The Morgan fingerprint density at radius 2 is 1.90 bits per heavy atom. The molecule has 0 bridgehead atoms. The van der Waals surface area contributed by atoms with Gasteiger partial charge in [0.2, 0.25) is 5.91 Å². The molecule has 20 heavy (non-hydrogen) atoms. The van der Waals surface area contributed by atoms with E-state index in [0.29, 0.717) is 28.6 Å². The summed E-state index contributed by atoms with van der Waals surface area (Å²) in [7, 11) is 0. The molecular weight excluding hydrogens is 299 g/mol. The highest BCUT2D eigenvalue weighted by Crippen LogP contribution is 2.22. The molecule has 2 rings (SSSR count). The van der Waals surface area contributed by atoms with E-state index in [2.05, 4.69) is 10.5 Å². The number of nitrogens with zero attached hydrogens (tertiary/aromatic N) is 1. The van der Waals surface area contributed by atoms with E-state index in [1.807, 2.05) is 13.8 Å². The van der Waals surface area contributed by atoms with Crippen molar-refractivity contribution in [2.45, 2.75) is 26.7 Å². The molecule has 1 aromatic heterocycles. The van der Waals surface area contributed by atoms with Gasteiger partial charge < -0.3 is 9.84 Å². The van der Waals surface area contributed by atoms with Crippen LogP contribution in [0.15, 0.2) is 22.7 Å². The second-order valence-corrected chi connectivity index (χ2v) is 5.38. The number of benzene rings is 1. The Labute approximate surface area is 127 Å². The molecule has 0 saturated heterocycles. The molecule has 106 valence electrons. The first-order valence-corrected chi connectivity index (χ1v) is 6.89. The van der Waals surface area contributed by atoms with Crippen molar-refractivity contribution < 1.29 is 9.32 Å². The van der Waals surface area contributed by atoms with Crippen molar-refractivity contribution in [3.05, 3.63) is 45.3 Å². The predicted molar refractivity (Wildman–Crippen MR) is 79.4 cm³/mol. The van der Waals surface area contributed by atoms with Crippen molar-refractivity contribution >= 4 is 34.8 Å². The summed E-state index contributed by atoms with van der Waals surface area (Å²) < 4.78 is 5.06. The number of aryl methyl sites for hydroxylation is 2. The average molecular weight is 313 g/mol. The van der Waals surface area contributed by atoms with Crippen molar-refractivity contribution in [2.75, 3.05) is 5.32 Å². The first kappa shape index (κ1) is 14.9. The molecule has 0 aliphatic carbocycles. The third kappa shape index (κ3) is 3.74. The highest BCUT2D eigenvalue weighted by Gasteiger charge is 2.11. The highest BCUT2D eigenvalue weighted by atomic mass is 35.5. The normalized spacial score (nSPS) is 10.6. The fraction of sp³-hybridized carbons (Fsp3) is 0.286. The van der Waals surface area contributed by atoms with Crippen molar-refractivity contribution in [1.29, 1.82) is 0 Å². The highest BCUT2D eigenvalue weighted by molar-refractivity contribution is 6.35. The van der Waals surface area contributed by atoms with Gasteiger partial charge in [-0.15, -0.1) is 0 Å². The van der Waals surface area contributed by atoms with Gasteiger partial charge in [-0.05, 0) is 38.5 Å². The zero-order valence-corrected chi connectivity index (χ0v) is 12.7. The van der Waals surface area contributed by atoms with Crippen LogP contribution >= 0.6 is 23.2 Å². The quantitative estimate of drug-likeness (QED) is 0.921. The Morgan fingerprint density at radius 3 is 2.45 bits per heavy atom. The summed E-state index contributed by atoms with van der Waals surface area (Å²) in [6.07, 6.45) is 0.925. The molecule has 0 radical (unpaired) electrons. The lowest BCUT2D eigenvalue weighted by atomic mass is 10.1. The minimum absolute atomic E-state index is 0.108. The number of hydrogen-bond acceptors (Lipinski definition) is 3. The molecule has 0 unspecified atom stereocenters. The third-order valence-electron chi connectivity index (χ3n) is 2.93. The van der Waals surface area contributed by atoms with E-state index in [0.717, 1.165) is 17.0 Å². The van der Waals surface area contributed by atoms with Crippen LogP contribution < -0.4 is 5.32 Å². The third-order valence-corrected chi connectivity index (χ3v) is 3.37. The first-order valence-electron chi connectivity index (χ1n) is 6.13. The van der Waals surface area contributed by atoms with E-state index < -0.39 is 0 Å². The molecule has 0 fully saturated rings. The predicted octanol–water partition coefficient (Wildman–Crippen LogP) is 4.17. The molecule has 1 amide bonds.